The summed E-state index contributed by atoms with van der Waals surface area (Å²) >= 11 is 0. The molecule has 0 radical (unpaired) electrons. The molecule has 0 amide bonds. The van der Waals surface area contributed by atoms with E-state index in [9.17, 15) is 0 Å². The van der Waals surface area contributed by atoms with E-state index in [1.54, 1.807) is 0 Å². The summed E-state index contributed by atoms with van der Waals surface area (Å²) < 4.78 is 2.04. The molecule has 0 saturated carbocycles. The van der Waals surface area contributed by atoms with E-state index in [0.29, 0.717) is 6.04 Å². The van der Waals surface area contributed by atoms with E-state index in [4.69, 9.17) is 0 Å². The molecule has 0 bridgehead atoms. The Morgan fingerprint density at radius 3 is 2.74 bits per heavy atom. The SMILES string of the molecule is CCn1nccc1-c1cc(CNC(C)C)ccc1C. The Labute approximate surface area is 115 Å². The van der Waals surface area contributed by atoms with Gasteiger partial charge in [-0.05, 0) is 37.1 Å². The monoisotopic (exact) mass is 257 g/mol. The molecule has 2 aromatic rings. The van der Waals surface area contributed by atoms with E-state index < -0.39 is 0 Å². The van der Waals surface area contributed by atoms with Crippen LogP contribution in [0.5, 0.6) is 0 Å². The van der Waals surface area contributed by atoms with Crippen molar-refractivity contribution in [2.45, 2.75) is 46.8 Å². The molecule has 0 spiro atoms. The first-order valence-corrected chi connectivity index (χ1v) is 6.97. The molecule has 2 rings (SSSR count). The summed E-state index contributed by atoms with van der Waals surface area (Å²) in [5.74, 6) is 0. The van der Waals surface area contributed by atoms with Gasteiger partial charge in [0.25, 0.3) is 0 Å². The van der Waals surface area contributed by atoms with Gasteiger partial charge < -0.3 is 5.32 Å². The predicted molar refractivity (Wildman–Crippen MR) is 80.0 cm³/mol. The maximum atomic E-state index is 4.36. The molecule has 1 N–H and O–H groups in total. The highest BCUT2D eigenvalue weighted by Gasteiger charge is 2.08. The van der Waals surface area contributed by atoms with Crippen molar-refractivity contribution >= 4 is 0 Å². The zero-order valence-corrected chi connectivity index (χ0v) is 12.3. The Morgan fingerprint density at radius 1 is 1.26 bits per heavy atom. The Kier molecular flexibility index (Phi) is 4.38. The zero-order valence-electron chi connectivity index (χ0n) is 12.3. The Morgan fingerprint density at radius 2 is 2.05 bits per heavy atom. The van der Waals surface area contributed by atoms with E-state index in [0.717, 1.165) is 13.1 Å². The first kappa shape index (κ1) is 13.8. The van der Waals surface area contributed by atoms with Gasteiger partial charge in [-0.15, -0.1) is 0 Å². The fraction of sp³-hybridized carbons (Fsp3) is 0.438. The van der Waals surface area contributed by atoms with Gasteiger partial charge in [-0.2, -0.15) is 5.10 Å². The van der Waals surface area contributed by atoms with Gasteiger partial charge in [-0.1, -0.05) is 26.0 Å². The number of rotatable bonds is 5. The number of hydrogen-bond acceptors (Lipinski definition) is 2. The minimum absolute atomic E-state index is 0.505. The normalized spacial score (nSPS) is 11.2. The molecule has 3 heteroatoms. The molecular formula is C16H23N3. The van der Waals surface area contributed by atoms with Crippen molar-refractivity contribution in [1.82, 2.24) is 15.1 Å². The quantitative estimate of drug-likeness (QED) is 0.890. The van der Waals surface area contributed by atoms with Crippen LogP contribution in [0.15, 0.2) is 30.5 Å². The topological polar surface area (TPSA) is 29.9 Å². The van der Waals surface area contributed by atoms with Crippen molar-refractivity contribution in [1.29, 1.82) is 0 Å². The minimum Gasteiger partial charge on any atom is -0.310 e. The number of nitrogens with zero attached hydrogens (tertiary/aromatic N) is 2. The van der Waals surface area contributed by atoms with E-state index >= 15 is 0 Å². The van der Waals surface area contributed by atoms with E-state index in [-0.39, 0.29) is 0 Å². The van der Waals surface area contributed by atoms with Crippen LogP contribution in [-0.2, 0) is 13.1 Å². The highest BCUT2D eigenvalue weighted by molar-refractivity contribution is 5.64. The van der Waals surface area contributed by atoms with Crippen LogP contribution in [0.3, 0.4) is 0 Å². The Hall–Kier alpha value is -1.61. The van der Waals surface area contributed by atoms with Gasteiger partial charge in [-0.3, -0.25) is 4.68 Å². The molecule has 0 aliphatic heterocycles. The summed E-state index contributed by atoms with van der Waals surface area (Å²) in [5, 5.41) is 7.82. The lowest BCUT2D eigenvalue weighted by atomic mass is 10.0. The second kappa shape index (κ2) is 6.02. The van der Waals surface area contributed by atoms with Gasteiger partial charge in [0.1, 0.15) is 0 Å². The number of aryl methyl sites for hydroxylation is 2. The third kappa shape index (κ3) is 3.24. The van der Waals surface area contributed by atoms with E-state index in [2.05, 4.69) is 62.4 Å². The number of hydrogen-bond donors (Lipinski definition) is 1. The van der Waals surface area contributed by atoms with Gasteiger partial charge in [-0.25, -0.2) is 0 Å². The average molecular weight is 257 g/mol. The summed E-state index contributed by atoms with van der Waals surface area (Å²) in [6, 6.07) is 9.26. The lowest BCUT2D eigenvalue weighted by molar-refractivity contribution is 0.589. The zero-order chi connectivity index (χ0) is 13.8. The lowest BCUT2D eigenvalue weighted by Gasteiger charge is -2.12. The van der Waals surface area contributed by atoms with E-state index in [1.807, 2.05) is 10.9 Å². The smallest absolute Gasteiger partial charge is 0.0684 e. The fourth-order valence-electron chi connectivity index (χ4n) is 2.19. The van der Waals surface area contributed by atoms with Crippen molar-refractivity contribution in [3.8, 4) is 11.3 Å². The van der Waals surface area contributed by atoms with Crippen molar-refractivity contribution in [2.75, 3.05) is 0 Å². The molecular weight excluding hydrogens is 234 g/mol. The highest BCUT2D eigenvalue weighted by Crippen LogP contribution is 2.24. The van der Waals surface area contributed by atoms with Crippen molar-refractivity contribution in [3.63, 3.8) is 0 Å². The van der Waals surface area contributed by atoms with Gasteiger partial charge in [0.05, 0.1) is 5.69 Å². The van der Waals surface area contributed by atoms with Crippen molar-refractivity contribution in [3.05, 3.63) is 41.6 Å². The maximum absolute atomic E-state index is 4.36. The Bertz CT molecular complexity index is 541. The fourth-order valence-corrected chi connectivity index (χ4v) is 2.19. The number of benzene rings is 1. The van der Waals surface area contributed by atoms with Crippen LogP contribution in [0.4, 0.5) is 0 Å². The average Bonchev–Trinajstić information content (AvgIpc) is 2.85. The van der Waals surface area contributed by atoms with Crippen LogP contribution in [0.2, 0.25) is 0 Å². The Balaban J connectivity index is 2.32. The second-order valence-corrected chi connectivity index (χ2v) is 5.22. The third-order valence-electron chi connectivity index (χ3n) is 3.31. The van der Waals surface area contributed by atoms with Gasteiger partial charge >= 0.3 is 0 Å². The lowest BCUT2D eigenvalue weighted by Crippen LogP contribution is -2.21. The molecule has 1 heterocycles. The molecule has 0 atom stereocenters. The minimum atomic E-state index is 0.505. The van der Waals surface area contributed by atoms with Crippen LogP contribution in [0.25, 0.3) is 11.3 Å². The molecule has 0 saturated heterocycles. The molecule has 0 unspecified atom stereocenters. The molecule has 19 heavy (non-hydrogen) atoms. The molecule has 0 fully saturated rings. The molecule has 0 aliphatic carbocycles. The van der Waals surface area contributed by atoms with Crippen LogP contribution in [0, 0.1) is 6.92 Å². The van der Waals surface area contributed by atoms with Crippen LogP contribution in [0.1, 0.15) is 31.9 Å². The summed E-state index contributed by atoms with van der Waals surface area (Å²) in [7, 11) is 0. The van der Waals surface area contributed by atoms with Gasteiger partial charge in [0.2, 0.25) is 0 Å². The second-order valence-electron chi connectivity index (χ2n) is 5.22. The predicted octanol–water partition coefficient (Wildman–Crippen LogP) is 3.38. The molecule has 1 aromatic heterocycles. The summed E-state index contributed by atoms with van der Waals surface area (Å²) in [4.78, 5) is 0. The van der Waals surface area contributed by atoms with Crippen molar-refractivity contribution in [2.24, 2.45) is 0 Å². The first-order chi connectivity index (χ1) is 9.11. The first-order valence-electron chi connectivity index (χ1n) is 6.97. The summed E-state index contributed by atoms with van der Waals surface area (Å²) in [6.07, 6.45) is 1.87. The van der Waals surface area contributed by atoms with Crippen LogP contribution in [-0.4, -0.2) is 15.8 Å². The maximum Gasteiger partial charge on any atom is 0.0684 e. The number of nitrogens with one attached hydrogen (secondary N) is 1. The molecule has 0 aliphatic rings. The largest absolute Gasteiger partial charge is 0.310 e. The molecule has 1 aromatic carbocycles. The standard InChI is InChI=1S/C16H23N3/c1-5-19-16(8-9-18-19)15-10-14(7-6-13(15)4)11-17-12(2)3/h6-10,12,17H,5,11H2,1-4H3. The van der Waals surface area contributed by atoms with Gasteiger partial charge in [0, 0.05) is 30.9 Å². The third-order valence-corrected chi connectivity index (χ3v) is 3.31. The summed E-state index contributed by atoms with van der Waals surface area (Å²) in [5.41, 5.74) is 5.09. The van der Waals surface area contributed by atoms with Gasteiger partial charge in [0.15, 0.2) is 0 Å². The van der Waals surface area contributed by atoms with E-state index in [1.165, 1.54) is 22.4 Å². The van der Waals surface area contributed by atoms with Crippen LogP contribution >= 0.6 is 0 Å². The highest BCUT2D eigenvalue weighted by atomic mass is 15.3. The number of aromatic nitrogens is 2. The summed E-state index contributed by atoms with van der Waals surface area (Å²) in [6.45, 7) is 10.4. The molecule has 3 nitrogen and oxygen atoms in total. The van der Waals surface area contributed by atoms with Crippen molar-refractivity contribution < 1.29 is 0 Å². The molecule has 102 valence electrons. The van der Waals surface area contributed by atoms with Crippen LogP contribution < -0.4 is 5.32 Å².